The number of hydrogen-bond donors (Lipinski definition) is 2. The Balaban J connectivity index is 1.39. The van der Waals surface area contributed by atoms with Crippen molar-refractivity contribution in [3.05, 3.63) is 69.7 Å². The van der Waals surface area contributed by atoms with Crippen molar-refractivity contribution >= 4 is 40.5 Å². The fourth-order valence-electron chi connectivity index (χ4n) is 4.22. The molecule has 1 fully saturated rings. The normalized spacial score (nSPS) is 15.9. The number of para-hydroxylation sites is 1. The van der Waals surface area contributed by atoms with Crippen molar-refractivity contribution in [1.82, 2.24) is 10.3 Å². The number of carbonyl (C=O) groups excluding carboxylic acids is 1. The summed E-state index contributed by atoms with van der Waals surface area (Å²) < 4.78 is 0. The number of hydrogen-bond acceptors (Lipinski definition) is 5. The van der Waals surface area contributed by atoms with Crippen molar-refractivity contribution in [3.63, 3.8) is 0 Å². The second-order valence-electron chi connectivity index (χ2n) is 8.30. The van der Waals surface area contributed by atoms with E-state index < -0.39 is 5.97 Å². The SMILES string of the molecule is Cc1nc(-c2ccc(Cl)cc2)sc1C(=O)NC[C@@H]1CCCN(c2ccccc2CC(=O)O)C1. The molecular formula is C25H26ClN3O3S. The maximum Gasteiger partial charge on any atom is 0.307 e. The van der Waals surface area contributed by atoms with E-state index in [1.54, 1.807) is 0 Å². The Kier molecular flexibility index (Phi) is 7.30. The highest BCUT2D eigenvalue weighted by atomic mass is 35.5. The number of aliphatic carboxylic acids is 1. The van der Waals surface area contributed by atoms with Gasteiger partial charge in [0.05, 0.1) is 12.1 Å². The molecule has 8 heteroatoms. The molecule has 2 N–H and O–H groups in total. The Labute approximate surface area is 202 Å². The predicted octanol–water partition coefficient (Wildman–Crippen LogP) is 5.05. The van der Waals surface area contributed by atoms with Gasteiger partial charge in [-0.25, -0.2) is 4.98 Å². The zero-order valence-corrected chi connectivity index (χ0v) is 20.0. The third kappa shape index (κ3) is 5.72. The van der Waals surface area contributed by atoms with E-state index in [1.807, 2.05) is 55.5 Å². The van der Waals surface area contributed by atoms with Crippen molar-refractivity contribution in [3.8, 4) is 10.6 Å². The molecular weight excluding hydrogens is 458 g/mol. The first-order valence-corrected chi connectivity index (χ1v) is 12.2. The van der Waals surface area contributed by atoms with Gasteiger partial charge in [0.1, 0.15) is 9.88 Å². The highest BCUT2D eigenvalue weighted by Crippen LogP contribution is 2.30. The Morgan fingerprint density at radius 3 is 2.73 bits per heavy atom. The molecule has 3 aromatic rings. The van der Waals surface area contributed by atoms with Gasteiger partial charge in [-0.15, -0.1) is 11.3 Å². The fraction of sp³-hybridized carbons (Fsp3) is 0.320. The van der Waals surface area contributed by atoms with Crippen LogP contribution in [0.5, 0.6) is 0 Å². The number of anilines is 1. The molecule has 0 bridgehead atoms. The van der Waals surface area contributed by atoms with E-state index in [9.17, 15) is 14.7 Å². The highest BCUT2D eigenvalue weighted by Gasteiger charge is 2.24. The molecule has 1 aliphatic rings. The van der Waals surface area contributed by atoms with Crippen LogP contribution in [0.3, 0.4) is 0 Å². The zero-order chi connectivity index (χ0) is 23.4. The fourth-order valence-corrected chi connectivity index (χ4v) is 5.34. The Morgan fingerprint density at radius 2 is 1.97 bits per heavy atom. The lowest BCUT2D eigenvalue weighted by atomic mass is 9.96. The average Bonchev–Trinajstić information content (AvgIpc) is 3.20. The second kappa shape index (κ2) is 10.4. The summed E-state index contributed by atoms with van der Waals surface area (Å²) >= 11 is 7.36. The van der Waals surface area contributed by atoms with Crippen molar-refractivity contribution in [2.24, 2.45) is 5.92 Å². The Bertz CT molecular complexity index is 1150. The summed E-state index contributed by atoms with van der Waals surface area (Å²) in [5, 5.41) is 13.8. The van der Waals surface area contributed by atoms with Crippen LogP contribution in [0.4, 0.5) is 5.69 Å². The number of aromatic nitrogens is 1. The minimum Gasteiger partial charge on any atom is -0.481 e. The van der Waals surface area contributed by atoms with E-state index in [1.165, 1.54) is 11.3 Å². The first-order chi connectivity index (χ1) is 15.9. The summed E-state index contributed by atoms with van der Waals surface area (Å²) in [6.45, 7) is 4.10. The van der Waals surface area contributed by atoms with Gasteiger partial charge in [0.15, 0.2) is 0 Å². The third-order valence-electron chi connectivity index (χ3n) is 5.84. The number of benzene rings is 2. The van der Waals surface area contributed by atoms with Gasteiger partial charge in [0.25, 0.3) is 5.91 Å². The number of nitrogens with one attached hydrogen (secondary N) is 1. The molecule has 4 rings (SSSR count). The monoisotopic (exact) mass is 483 g/mol. The molecule has 2 heterocycles. The number of piperidine rings is 1. The lowest BCUT2D eigenvalue weighted by Crippen LogP contribution is -2.41. The number of amides is 1. The molecule has 0 saturated carbocycles. The first-order valence-electron chi connectivity index (χ1n) is 11.0. The number of aryl methyl sites for hydroxylation is 1. The van der Waals surface area contributed by atoms with E-state index in [0.29, 0.717) is 22.4 Å². The van der Waals surface area contributed by atoms with Crippen molar-refractivity contribution in [2.75, 3.05) is 24.5 Å². The van der Waals surface area contributed by atoms with Gasteiger partial charge in [0, 0.05) is 35.9 Å². The maximum absolute atomic E-state index is 12.9. The summed E-state index contributed by atoms with van der Waals surface area (Å²) in [5.74, 6) is -0.640. The van der Waals surface area contributed by atoms with Crippen molar-refractivity contribution < 1.29 is 14.7 Å². The zero-order valence-electron chi connectivity index (χ0n) is 18.4. The largest absolute Gasteiger partial charge is 0.481 e. The minimum absolute atomic E-state index is 0.00861. The first kappa shape index (κ1) is 23.3. The Morgan fingerprint density at radius 1 is 1.21 bits per heavy atom. The topological polar surface area (TPSA) is 82.5 Å². The molecule has 0 aliphatic carbocycles. The van der Waals surface area contributed by atoms with Gasteiger partial charge in [-0.05, 0) is 49.4 Å². The van der Waals surface area contributed by atoms with Gasteiger partial charge in [0.2, 0.25) is 0 Å². The molecule has 1 aromatic heterocycles. The van der Waals surface area contributed by atoms with Gasteiger partial charge in [-0.3, -0.25) is 9.59 Å². The summed E-state index contributed by atoms with van der Waals surface area (Å²) in [5.41, 5.74) is 3.45. The van der Waals surface area contributed by atoms with Crippen LogP contribution < -0.4 is 10.2 Å². The summed E-state index contributed by atoms with van der Waals surface area (Å²) in [6.07, 6.45) is 2.03. The number of halogens is 1. The molecule has 172 valence electrons. The minimum atomic E-state index is -0.832. The van der Waals surface area contributed by atoms with E-state index >= 15 is 0 Å². The van der Waals surface area contributed by atoms with Crippen LogP contribution in [0.1, 0.15) is 33.8 Å². The molecule has 6 nitrogen and oxygen atoms in total. The van der Waals surface area contributed by atoms with E-state index in [4.69, 9.17) is 11.6 Å². The van der Waals surface area contributed by atoms with E-state index in [-0.39, 0.29) is 12.3 Å². The van der Waals surface area contributed by atoms with Crippen LogP contribution in [-0.2, 0) is 11.2 Å². The van der Waals surface area contributed by atoms with Crippen molar-refractivity contribution in [1.29, 1.82) is 0 Å². The third-order valence-corrected chi connectivity index (χ3v) is 7.30. The standard InChI is InChI=1S/C25H26ClN3O3S/c1-16-23(33-25(28-16)18-8-10-20(26)11-9-18)24(32)27-14-17-5-4-12-29(15-17)21-7-3-2-6-19(21)13-22(30)31/h2-3,6-11,17H,4-5,12-15H2,1H3,(H,27,32)(H,30,31)/t17-/m0/s1. The van der Waals surface area contributed by atoms with Crippen LogP contribution in [0.2, 0.25) is 5.02 Å². The van der Waals surface area contributed by atoms with E-state index in [0.717, 1.165) is 53.4 Å². The van der Waals surface area contributed by atoms with Gasteiger partial charge in [-0.2, -0.15) is 0 Å². The number of carboxylic acid groups (broad SMARTS) is 1. The number of nitrogens with zero attached hydrogens (tertiary/aromatic N) is 2. The molecule has 2 aromatic carbocycles. The van der Waals surface area contributed by atoms with E-state index in [2.05, 4.69) is 15.2 Å². The number of thiazole rings is 1. The quantitative estimate of drug-likeness (QED) is 0.491. The molecule has 1 saturated heterocycles. The summed E-state index contributed by atoms with van der Waals surface area (Å²) in [4.78, 5) is 31.6. The van der Waals surface area contributed by atoms with Gasteiger partial charge < -0.3 is 15.3 Å². The number of carboxylic acids is 1. The van der Waals surface area contributed by atoms with Crippen LogP contribution in [-0.4, -0.2) is 41.6 Å². The smallest absolute Gasteiger partial charge is 0.307 e. The van der Waals surface area contributed by atoms with Crippen molar-refractivity contribution in [2.45, 2.75) is 26.2 Å². The molecule has 1 aliphatic heterocycles. The van der Waals surface area contributed by atoms with Crippen LogP contribution in [0.25, 0.3) is 10.6 Å². The average molecular weight is 484 g/mol. The predicted molar refractivity (Wildman–Crippen MR) is 132 cm³/mol. The van der Waals surface area contributed by atoms with Crippen LogP contribution >= 0.6 is 22.9 Å². The molecule has 0 spiro atoms. The van der Waals surface area contributed by atoms with Crippen LogP contribution in [0, 0.1) is 12.8 Å². The summed E-state index contributed by atoms with van der Waals surface area (Å²) in [6, 6.07) is 15.1. The maximum atomic E-state index is 12.9. The lowest BCUT2D eigenvalue weighted by molar-refractivity contribution is -0.136. The van der Waals surface area contributed by atoms with Crippen LogP contribution in [0.15, 0.2) is 48.5 Å². The molecule has 0 unspecified atom stereocenters. The summed E-state index contributed by atoms with van der Waals surface area (Å²) in [7, 11) is 0. The molecule has 1 amide bonds. The molecule has 0 radical (unpaired) electrons. The Hall–Kier alpha value is -2.90. The molecule has 1 atom stereocenters. The second-order valence-corrected chi connectivity index (χ2v) is 9.74. The van der Waals surface area contributed by atoms with Gasteiger partial charge >= 0.3 is 5.97 Å². The lowest BCUT2D eigenvalue weighted by Gasteiger charge is -2.35. The highest BCUT2D eigenvalue weighted by molar-refractivity contribution is 7.17. The van der Waals surface area contributed by atoms with Gasteiger partial charge in [-0.1, -0.05) is 41.9 Å². The number of rotatable bonds is 7. The number of carbonyl (C=O) groups is 2. The molecule has 33 heavy (non-hydrogen) atoms.